The van der Waals surface area contributed by atoms with Gasteiger partial charge in [0.1, 0.15) is 5.25 Å². The number of amides is 1. The number of nitrogens with zero attached hydrogens (tertiary/aromatic N) is 2. The molecule has 6 heteroatoms. The number of para-hydroxylation sites is 3. The summed E-state index contributed by atoms with van der Waals surface area (Å²) in [5, 5.41) is 6.44. The van der Waals surface area contributed by atoms with E-state index < -0.39 is 0 Å². The number of imidazole rings is 1. The predicted octanol–water partition coefficient (Wildman–Crippen LogP) is 2.87. The molecule has 1 amide bonds. The van der Waals surface area contributed by atoms with E-state index in [1.54, 1.807) is 0 Å². The van der Waals surface area contributed by atoms with Crippen molar-refractivity contribution in [2.45, 2.75) is 17.3 Å². The zero-order chi connectivity index (χ0) is 15.8. The van der Waals surface area contributed by atoms with E-state index in [4.69, 9.17) is 0 Å². The molecule has 0 saturated heterocycles. The number of fused-ring (bicyclic) bond motifs is 1. The lowest BCUT2D eigenvalue weighted by molar-refractivity contribution is -0.396. The third-order valence-corrected chi connectivity index (χ3v) is 4.95. The Morgan fingerprint density at radius 1 is 1.13 bits per heavy atom. The largest absolute Gasteiger partial charge is 0.315 e. The molecule has 114 valence electrons. The van der Waals surface area contributed by atoms with Gasteiger partial charge in [0.05, 0.1) is 11.4 Å². The molecule has 5 nitrogen and oxygen atoms in total. The highest BCUT2D eigenvalue weighted by molar-refractivity contribution is 8.01. The third kappa shape index (κ3) is 2.51. The summed E-state index contributed by atoms with van der Waals surface area (Å²) in [5.41, 5.74) is 3.64. The number of hydrogen-bond donors (Lipinski definition) is 1. The molecule has 0 fully saturated rings. The van der Waals surface area contributed by atoms with Gasteiger partial charge in [-0.2, -0.15) is 10.1 Å². The maximum Gasteiger partial charge on any atom is 0.315 e. The van der Waals surface area contributed by atoms with Crippen LogP contribution in [0.5, 0.6) is 0 Å². The molecule has 3 aromatic rings. The van der Waals surface area contributed by atoms with Gasteiger partial charge in [0.2, 0.25) is 0 Å². The Kier molecular flexibility index (Phi) is 3.38. The van der Waals surface area contributed by atoms with Crippen molar-refractivity contribution in [3.05, 3.63) is 54.6 Å². The Morgan fingerprint density at radius 3 is 2.65 bits per heavy atom. The van der Waals surface area contributed by atoms with E-state index in [9.17, 15) is 4.79 Å². The molecule has 1 aliphatic heterocycles. The van der Waals surface area contributed by atoms with Crippen LogP contribution in [0.25, 0.3) is 11.0 Å². The van der Waals surface area contributed by atoms with Crippen LogP contribution in [0.3, 0.4) is 0 Å². The van der Waals surface area contributed by atoms with Crippen LogP contribution < -0.4 is 9.99 Å². The molecule has 1 unspecified atom stereocenters. The summed E-state index contributed by atoms with van der Waals surface area (Å²) in [6.07, 6.45) is 0. The summed E-state index contributed by atoms with van der Waals surface area (Å²) < 4.78 is 0. The Morgan fingerprint density at radius 2 is 1.87 bits per heavy atom. The van der Waals surface area contributed by atoms with E-state index in [0.29, 0.717) is 0 Å². The number of hydrazone groups is 1. The van der Waals surface area contributed by atoms with Crippen LogP contribution in [0.4, 0.5) is 5.69 Å². The standard InChI is InChI=1S/C17H14N4OS/c1-11-15(16(22)21(20-11)12-7-3-2-4-8-12)23-17-18-13-9-5-6-10-14(13)19-17/h2-10,15H,1H3,(H,18,19)/p+1. The van der Waals surface area contributed by atoms with Crippen molar-refractivity contribution >= 4 is 40.1 Å². The van der Waals surface area contributed by atoms with E-state index in [1.807, 2.05) is 61.5 Å². The first kappa shape index (κ1) is 14.0. The minimum atomic E-state index is -0.320. The number of anilines is 1. The maximum atomic E-state index is 12.7. The van der Waals surface area contributed by atoms with E-state index in [0.717, 1.165) is 27.6 Å². The SMILES string of the molecule is CC1=NN(c2ccccc2)C(=O)C1Sc1[nH]c2ccccc2[nH+]1. The van der Waals surface area contributed by atoms with Gasteiger partial charge in [-0.25, -0.2) is 9.97 Å². The number of thioether (sulfide) groups is 1. The molecule has 0 spiro atoms. The Labute approximate surface area is 137 Å². The van der Waals surface area contributed by atoms with Crippen LogP contribution in [-0.2, 0) is 4.79 Å². The molecule has 2 N–H and O–H groups in total. The Bertz CT molecular complexity index is 870. The van der Waals surface area contributed by atoms with Crippen molar-refractivity contribution < 1.29 is 9.78 Å². The summed E-state index contributed by atoms with van der Waals surface area (Å²) in [5.74, 6) is -0.0224. The molecule has 2 heterocycles. The zero-order valence-corrected chi connectivity index (χ0v) is 13.3. The average Bonchev–Trinajstić information content (AvgIpc) is 3.11. The molecule has 0 aliphatic carbocycles. The van der Waals surface area contributed by atoms with Crippen LogP contribution >= 0.6 is 11.8 Å². The number of rotatable bonds is 3. The molecule has 0 saturated carbocycles. The topological polar surface area (TPSA) is 62.6 Å². The summed E-state index contributed by atoms with van der Waals surface area (Å²) in [6.45, 7) is 1.89. The highest BCUT2D eigenvalue weighted by atomic mass is 32.2. The van der Waals surface area contributed by atoms with Crippen molar-refractivity contribution in [2.24, 2.45) is 5.10 Å². The summed E-state index contributed by atoms with van der Waals surface area (Å²) >= 11 is 1.46. The van der Waals surface area contributed by atoms with Crippen LogP contribution in [0.2, 0.25) is 0 Å². The molecule has 1 aliphatic rings. The first-order valence-electron chi connectivity index (χ1n) is 7.33. The van der Waals surface area contributed by atoms with E-state index in [2.05, 4.69) is 15.1 Å². The third-order valence-electron chi connectivity index (χ3n) is 3.73. The van der Waals surface area contributed by atoms with Crippen LogP contribution in [0.15, 0.2) is 64.9 Å². The zero-order valence-electron chi connectivity index (χ0n) is 12.5. The summed E-state index contributed by atoms with van der Waals surface area (Å²) in [4.78, 5) is 19.3. The van der Waals surface area contributed by atoms with Crippen molar-refractivity contribution in [3.8, 4) is 0 Å². The van der Waals surface area contributed by atoms with Crippen molar-refractivity contribution in [2.75, 3.05) is 5.01 Å². The second-order valence-corrected chi connectivity index (χ2v) is 6.46. The van der Waals surface area contributed by atoms with Gasteiger partial charge in [0.15, 0.2) is 11.0 Å². The lowest BCUT2D eigenvalue weighted by atomic mass is 10.3. The van der Waals surface area contributed by atoms with Crippen LogP contribution in [-0.4, -0.2) is 21.9 Å². The van der Waals surface area contributed by atoms with Gasteiger partial charge in [0.25, 0.3) is 5.91 Å². The highest BCUT2D eigenvalue weighted by Gasteiger charge is 2.37. The average molecular weight is 323 g/mol. The number of carbonyl (C=O) groups excluding carboxylic acids is 1. The van der Waals surface area contributed by atoms with Crippen molar-refractivity contribution in [1.29, 1.82) is 0 Å². The molecular formula is C17H15N4OS+. The van der Waals surface area contributed by atoms with Gasteiger partial charge < -0.3 is 0 Å². The molecule has 1 aromatic heterocycles. The van der Waals surface area contributed by atoms with E-state index >= 15 is 0 Å². The first-order chi connectivity index (χ1) is 11.2. The summed E-state index contributed by atoms with van der Waals surface area (Å²) in [7, 11) is 0. The van der Waals surface area contributed by atoms with Crippen LogP contribution in [0.1, 0.15) is 6.92 Å². The number of hydrogen-bond acceptors (Lipinski definition) is 3. The van der Waals surface area contributed by atoms with Gasteiger partial charge in [-0.3, -0.25) is 4.79 Å². The minimum absolute atomic E-state index is 0.0224. The minimum Gasteiger partial charge on any atom is -0.271 e. The summed E-state index contributed by atoms with van der Waals surface area (Å²) in [6, 6.07) is 17.5. The number of benzene rings is 2. The number of nitrogens with one attached hydrogen (secondary N) is 2. The fourth-order valence-corrected chi connectivity index (χ4v) is 3.58. The Hall–Kier alpha value is -2.60. The highest BCUT2D eigenvalue weighted by Crippen LogP contribution is 2.30. The quantitative estimate of drug-likeness (QED) is 0.805. The van der Waals surface area contributed by atoms with Gasteiger partial charge in [-0.15, -0.1) is 0 Å². The molecular weight excluding hydrogens is 308 g/mol. The number of aromatic nitrogens is 2. The lowest BCUT2D eigenvalue weighted by Crippen LogP contribution is -2.29. The van der Waals surface area contributed by atoms with Gasteiger partial charge in [0, 0.05) is 0 Å². The predicted molar refractivity (Wildman–Crippen MR) is 91.5 cm³/mol. The molecule has 0 radical (unpaired) electrons. The van der Waals surface area contributed by atoms with Crippen LogP contribution in [0, 0.1) is 0 Å². The number of H-pyrrole nitrogens is 2. The number of carbonyl (C=O) groups is 1. The smallest absolute Gasteiger partial charge is 0.271 e. The van der Waals surface area contributed by atoms with Crippen molar-refractivity contribution in [3.63, 3.8) is 0 Å². The lowest BCUT2D eigenvalue weighted by Gasteiger charge is -2.12. The number of aromatic amines is 2. The molecule has 2 aromatic carbocycles. The fraction of sp³-hybridized carbons (Fsp3) is 0.118. The molecule has 0 bridgehead atoms. The molecule has 23 heavy (non-hydrogen) atoms. The normalized spacial score (nSPS) is 17.8. The molecule has 4 rings (SSSR count). The fourth-order valence-electron chi connectivity index (χ4n) is 2.59. The van der Waals surface area contributed by atoms with Crippen molar-refractivity contribution in [1.82, 2.24) is 4.98 Å². The van der Waals surface area contributed by atoms with Gasteiger partial charge in [-0.05, 0) is 43.0 Å². The monoisotopic (exact) mass is 323 g/mol. The van der Waals surface area contributed by atoms with Gasteiger partial charge >= 0.3 is 5.16 Å². The Balaban J connectivity index is 1.60. The second kappa shape index (κ2) is 5.55. The molecule has 1 atom stereocenters. The first-order valence-corrected chi connectivity index (χ1v) is 8.21. The maximum absolute atomic E-state index is 12.7. The second-order valence-electron chi connectivity index (χ2n) is 5.35. The van der Waals surface area contributed by atoms with E-state index in [1.165, 1.54) is 16.8 Å². The van der Waals surface area contributed by atoms with Gasteiger partial charge in [-0.1, -0.05) is 30.3 Å². The van der Waals surface area contributed by atoms with E-state index in [-0.39, 0.29) is 11.2 Å².